The second-order valence-corrected chi connectivity index (χ2v) is 13.1. The van der Waals surface area contributed by atoms with E-state index in [0.717, 1.165) is 0 Å². The lowest BCUT2D eigenvalue weighted by Crippen LogP contribution is -2.60. The molecule has 0 aromatic heterocycles. The van der Waals surface area contributed by atoms with Gasteiger partial charge in [0.25, 0.3) is 0 Å². The van der Waals surface area contributed by atoms with E-state index in [0.29, 0.717) is 0 Å². The topological polar surface area (TPSA) is 73.8 Å². The molecule has 0 saturated heterocycles. The summed E-state index contributed by atoms with van der Waals surface area (Å²) in [4.78, 5) is 0. The molecule has 0 aliphatic rings. The Morgan fingerprint density at radius 3 is 0.947 bits per heavy atom. The van der Waals surface area contributed by atoms with Crippen molar-refractivity contribution in [3.05, 3.63) is 0 Å². The van der Waals surface area contributed by atoms with Gasteiger partial charge in [0, 0.05) is 42.7 Å². The summed E-state index contributed by atoms with van der Waals surface area (Å²) >= 11 is 6.26. The smallest absolute Gasteiger partial charge is 0.359 e. The molecule has 0 bridgehead atoms. The Balaban J connectivity index is 4.96. The molecule has 0 unspecified atom stereocenters. The normalized spacial score (nSPS) is 13.9. The second kappa shape index (κ2) is 8.16. The maximum Gasteiger partial charge on any atom is 0.670 e. The van der Waals surface area contributed by atoms with Crippen molar-refractivity contribution in [3.63, 3.8) is 0 Å². The van der Waals surface area contributed by atoms with Gasteiger partial charge in [0.1, 0.15) is 0 Å². The van der Waals surface area contributed by atoms with Crippen molar-refractivity contribution in [2.45, 2.75) is 6.55 Å². The van der Waals surface area contributed by atoms with Gasteiger partial charge in [0.15, 0.2) is 0 Å². The van der Waals surface area contributed by atoms with E-state index < -0.39 is 26.0 Å². The highest BCUT2D eigenvalue weighted by Gasteiger charge is 2.57. The molecule has 0 aromatic carbocycles. The molecule has 0 aliphatic heterocycles. The van der Waals surface area contributed by atoms with Gasteiger partial charge in [-0.1, -0.05) is 0 Å². The van der Waals surface area contributed by atoms with E-state index in [-0.39, 0.29) is 0 Å². The maximum absolute atomic E-state index is 6.26. The first-order valence-corrected chi connectivity index (χ1v) is 11.8. The summed E-state index contributed by atoms with van der Waals surface area (Å²) in [6.07, 6.45) is 0. The summed E-state index contributed by atoms with van der Waals surface area (Å²) < 4.78 is 41.9. The zero-order valence-corrected chi connectivity index (χ0v) is 15.9. The van der Waals surface area contributed by atoms with Crippen LogP contribution in [0.2, 0.25) is 6.55 Å². The van der Waals surface area contributed by atoms with Crippen molar-refractivity contribution in [2.75, 3.05) is 42.7 Å². The van der Waals surface area contributed by atoms with Crippen molar-refractivity contribution >= 4 is 37.0 Å². The average molecular weight is 353 g/mol. The van der Waals surface area contributed by atoms with Crippen LogP contribution in [0.4, 0.5) is 0 Å². The molecule has 8 nitrogen and oxygen atoms in total. The quantitative estimate of drug-likeness (QED) is 0.417. The van der Waals surface area contributed by atoms with E-state index in [2.05, 4.69) is 0 Å². The van der Waals surface area contributed by atoms with Crippen LogP contribution in [-0.4, -0.2) is 68.6 Å². The van der Waals surface area contributed by atoms with Gasteiger partial charge in [0.2, 0.25) is 0 Å². The van der Waals surface area contributed by atoms with E-state index in [1.54, 1.807) is 6.55 Å². The fourth-order valence-corrected chi connectivity index (χ4v) is 10.0. The molecule has 0 fully saturated rings. The van der Waals surface area contributed by atoms with Crippen LogP contribution in [0.15, 0.2) is 0 Å². The van der Waals surface area contributed by atoms with Crippen molar-refractivity contribution in [1.29, 1.82) is 0 Å². The van der Waals surface area contributed by atoms with Gasteiger partial charge in [-0.05, 0) is 6.55 Å². The second-order valence-electron chi connectivity index (χ2n) is 3.26. The maximum atomic E-state index is 6.26. The number of halogens is 1. The Hall–Kier alpha value is 0.621. The summed E-state index contributed by atoms with van der Waals surface area (Å²) in [5.74, 6) is 0. The first-order valence-electron chi connectivity index (χ1n) is 5.18. The number of hydrogen-bond donors (Lipinski definition) is 0. The number of hydrogen-bond acceptors (Lipinski definition) is 8. The first-order chi connectivity index (χ1) is 8.78. The predicted octanol–water partition coefficient (Wildman–Crippen LogP) is 0.577. The van der Waals surface area contributed by atoms with Crippen LogP contribution >= 0.6 is 11.1 Å². The minimum atomic E-state index is -3.33. The van der Waals surface area contributed by atoms with E-state index >= 15 is 0 Å². The highest BCUT2D eigenvalue weighted by molar-refractivity contribution is 7.16. The Kier molecular flexibility index (Phi) is 8.42. The SMILES string of the molecule is CO[Si](OC)(OC)O[Si](C)(Cl)O[Si](OC)(OC)OC. The molecule has 0 atom stereocenters. The lowest BCUT2D eigenvalue weighted by Gasteiger charge is -2.34. The molecular formula is C7H21ClO8Si3. The Bertz CT molecular complexity index is 220. The molecule has 116 valence electrons. The van der Waals surface area contributed by atoms with Crippen LogP contribution < -0.4 is 0 Å². The molecule has 0 saturated carbocycles. The Morgan fingerprint density at radius 2 is 0.789 bits per heavy atom. The highest BCUT2D eigenvalue weighted by atomic mass is 35.6. The standard InChI is InChI=1S/C7H21ClO8Si3/c1-9-18(10-2,11-3)15-17(7,8)16-19(12-4,13-5)14-6/h1-7H3. The van der Waals surface area contributed by atoms with Gasteiger partial charge in [-0.15, -0.1) is 11.1 Å². The molecule has 0 aliphatic carbocycles. The van der Waals surface area contributed by atoms with Crippen molar-refractivity contribution in [1.82, 2.24) is 0 Å². The molecule has 0 rings (SSSR count). The molecule has 19 heavy (non-hydrogen) atoms. The van der Waals surface area contributed by atoms with Gasteiger partial charge in [-0.25, -0.2) is 0 Å². The van der Waals surface area contributed by atoms with Crippen molar-refractivity contribution in [3.8, 4) is 0 Å². The fraction of sp³-hybridized carbons (Fsp3) is 1.00. The van der Waals surface area contributed by atoms with E-state index in [4.69, 9.17) is 45.9 Å². The largest absolute Gasteiger partial charge is 0.670 e. The van der Waals surface area contributed by atoms with Crippen LogP contribution in [0.5, 0.6) is 0 Å². The third-order valence-corrected chi connectivity index (χ3v) is 11.4. The lowest BCUT2D eigenvalue weighted by molar-refractivity contribution is 0.0197. The van der Waals surface area contributed by atoms with Crippen molar-refractivity contribution < 1.29 is 34.8 Å². The zero-order chi connectivity index (χ0) is 15.2. The molecule has 0 heterocycles. The highest BCUT2D eigenvalue weighted by Crippen LogP contribution is 2.25. The Labute approximate surface area is 121 Å². The zero-order valence-electron chi connectivity index (χ0n) is 12.1. The van der Waals surface area contributed by atoms with E-state index in [9.17, 15) is 0 Å². The molecule has 0 aromatic rings. The Morgan fingerprint density at radius 1 is 0.579 bits per heavy atom. The molecule has 0 spiro atoms. The van der Waals surface area contributed by atoms with Gasteiger partial charge in [-0.3, -0.25) is 0 Å². The minimum Gasteiger partial charge on any atom is -0.359 e. The van der Waals surface area contributed by atoms with Crippen LogP contribution in [-0.2, 0) is 34.8 Å². The summed E-state index contributed by atoms with van der Waals surface area (Å²) in [5, 5.41) is 0. The summed E-state index contributed by atoms with van der Waals surface area (Å²) in [6.45, 7) is 1.56. The lowest BCUT2D eigenvalue weighted by atomic mass is 11.8. The predicted molar refractivity (Wildman–Crippen MR) is 73.2 cm³/mol. The van der Waals surface area contributed by atoms with Gasteiger partial charge < -0.3 is 34.8 Å². The van der Waals surface area contributed by atoms with Crippen LogP contribution in [0, 0.1) is 0 Å². The monoisotopic (exact) mass is 352 g/mol. The first kappa shape index (κ1) is 19.6. The summed E-state index contributed by atoms with van der Waals surface area (Å²) in [6, 6.07) is 0. The van der Waals surface area contributed by atoms with Crippen molar-refractivity contribution in [2.24, 2.45) is 0 Å². The number of rotatable bonds is 10. The molecule has 12 heteroatoms. The van der Waals surface area contributed by atoms with Gasteiger partial charge in [-0.2, -0.15) is 0 Å². The molecule has 0 N–H and O–H groups in total. The van der Waals surface area contributed by atoms with Crippen LogP contribution in [0.3, 0.4) is 0 Å². The van der Waals surface area contributed by atoms with Crippen LogP contribution in [0.1, 0.15) is 0 Å². The molecular weight excluding hydrogens is 332 g/mol. The average Bonchev–Trinajstić information content (AvgIpc) is 2.42. The minimum absolute atomic E-state index is 1.40. The fourth-order valence-electron chi connectivity index (χ4n) is 1.22. The summed E-state index contributed by atoms with van der Waals surface area (Å²) in [5.41, 5.74) is 0. The third kappa shape index (κ3) is 5.49. The van der Waals surface area contributed by atoms with Crippen LogP contribution in [0.25, 0.3) is 0 Å². The van der Waals surface area contributed by atoms with E-state index in [1.807, 2.05) is 0 Å². The third-order valence-electron chi connectivity index (χ3n) is 2.11. The summed E-state index contributed by atoms with van der Waals surface area (Å²) in [7, 11) is -1.53. The molecule has 0 amide bonds. The van der Waals surface area contributed by atoms with E-state index in [1.165, 1.54) is 42.7 Å². The molecule has 0 radical (unpaired) electrons. The van der Waals surface area contributed by atoms with Gasteiger partial charge >= 0.3 is 26.0 Å². The van der Waals surface area contributed by atoms with Gasteiger partial charge in [0.05, 0.1) is 0 Å².